The fourth-order valence-electron chi connectivity index (χ4n) is 1.93. The Labute approximate surface area is 128 Å². The molecule has 0 aliphatic heterocycles. The molecule has 4 heteroatoms. The van der Waals surface area contributed by atoms with Gasteiger partial charge in [0.05, 0.1) is 0 Å². The summed E-state index contributed by atoms with van der Waals surface area (Å²) in [5.74, 6) is 0.828. The zero-order valence-corrected chi connectivity index (χ0v) is 13.3. The molecule has 0 amide bonds. The van der Waals surface area contributed by atoms with Crippen molar-refractivity contribution in [2.75, 3.05) is 25.5 Å². The van der Waals surface area contributed by atoms with Crippen molar-refractivity contribution < 1.29 is 4.74 Å². The molecule has 1 unspecified atom stereocenters. The number of anilines is 1. The van der Waals surface area contributed by atoms with Crippen LogP contribution in [0.3, 0.4) is 0 Å². The molecule has 0 fully saturated rings. The highest BCUT2D eigenvalue weighted by Crippen LogP contribution is 2.25. The highest BCUT2D eigenvalue weighted by atomic mass is 79.9. The van der Waals surface area contributed by atoms with Crippen LogP contribution in [0.2, 0.25) is 0 Å². The Kier molecular flexibility index (Phi) is 5.04. The molecule has 2 rings (SSSR count). The summed E-state index contributed by atoms with van der Waals surface area (Å²) in [4.78, 5) is 2.05. The molecule has 1 atom stereocenters. The van der Waals surface area contributed by atoms with Gasteiger partial charge in [-0.05, 0) is 29.8 Å². The van der Waals surface area contributed by atoms with Crippen LogP contribution in [-0.2, 0) is 0 Å². The molecule has 0 saturated heterocycles. The van der Waals surface area contributed by atoms with Gasteiger partial charge in [0, 0.05) is 36.9 Å². The first-order chi connectivity index (χ1) is 9.60. The SMILES string of the molecule is CN(C)c1cccc(OC(CN)c2ccc(Br)cc2)c1. The maximum absolute atomic E-state index is 6.01. The molecule has 2 N–H and O–H groups in total. The second kappa shape index (κ2) is 6.77. The lowest BCUT2D eigenvalue weighted by molar-refractivity contribution is 0.214. The summed E-state index contributed by atoms with van der Waals surface area (Å²) in [6.07, 6.45) is -0.138. The Morgan fingerprint density at radius 2 is 1.85 bits per heavy atom. The first-order valence-corrected chi connectivity index (χ1v) is 7.29. The van der Waals surface area contributed by atoms with Gasteiger partial charge < -0.3 is 15.4 Å². The first-order valence-electron chi connectivity index (χ1n) is 6.49. The van der Waals surface area contributed by atoms with Crippen LogP contribution in [0.15, 0.2) is 53.0 Å². The Hall–Kier alpha value is -1.52. The largest absolute Gasteiger partial charge is 0.484 e. The standard InChI is InChI=1S/C16H19BrN2O/c1-19(2)14-4-3-5-15(10-14)20-16(11-18)12-6-8-13(17)9-7-12/h3-10,16H,11,18H2,1-2H3. The van der Waals surface area contributed by atoms with Gasteiger partial charge in [0.25, 0.3) is 0 Å². The van der Waals surface area contributed by atoms with E-state index in [0.717, 1.165) is 21.5 Å². The number of halogens is 1. The predicted octanol–water partition coefficient (Wildman–Crippen LogP) is 3.59. The molecule has 0 aromatic heterocycles. The van der Waals surface area contributed by atoms with Crippen molar-refractivity contribution in [2.45, 2.75) is 6.10 Å². The Morgan fingerprint density at radius 3 is 2.45 bits per heavy atom. The Bertz CT molecular complexity index is 555. The van der Waals surface area contributed by atoms with Gasteiger partial charge in [0.15, 0.2) is 0 Å². The van der Waals surface area contributed by atoms with E-state index in [2.05, 4.69) is 15.9 Å². The Morgan fingerprint density at radius 1 is 1.15 bits per heavy atom. The number of hydrogen-bond acceptors (Lipinski definition) is 3. The third-order valence-electron chi connectivity index (χ3n) is 3.07. The monoisotopic (exact) mass is 334 g/mol. The fraction of sp³-hybridized carbons (Fsp3) is 0.250. The predicted molar refractivity (Wildman–Crippen MR) is 87.3 cm³/mol. The molecule has 0 spiro atoms. The molecule has 0 bridgehead atoms. The van der Waals surface area contributed by atoms with Crippen molar-refractivity contribution >= 4 is 21.6 Å². The normalized spacial score (nSPS) is 12.0. The first kappa shape index (κ1) is 14.9. The van der Waals surface area contributed by atoms with Crippen LogP contribution in [0.25, 0.3) is 0 Å². The molecule has 0 saturated carbocycles. The lowest BCUT2D eigenvalue weighted by Gasteiger charge is -2.20. The minimum absolute atomic E-state index is 0.138. The molecule has 2 aromatic rings. The third-order valence-corrected chi connectivity index (χ3v) is 3.60. The maximum Gasteiger partial charge on any atom is 0.136 e. The van der Waals surface area contributed by atoms with E-state index in [1.165, 1.54) is 0 Å². The van der Waals surface area contributed by atoms with Crippen LogP contribution < -0.4 is 15.4 Å². The number of rotatable bonds is 5. The topological polar surface area (TPSA) is 38.5 Å². The molecule has 0 aliphatic carbocycles. The molecular formula is C16H19BrN2O. The van der Waals surface area contributed by atoms with Gasteiger partial charge in [-0.3, -0.25) is 0 Å². The van der Waals surface area contributed by atoms with Gasteiger partial charge in [0.2, 0.25) is 0 Å². The van der Waals surface area contributed by atoms with Crippen molar-refractivity contribution in [3.05, 3.63) is 58.6 Å². The molecule has 0 aliphatic rings. The van der Waals surface area contributed by atoms with Gasteiger partial charge in [-0.25, -0.2) is 0 Å². The van der Waals surface area contributed by atoms with Crippen molar-refractivity contribution in [3.63, 3.8) is 0 Å². The van der Waals surface area contributed by atoms with Crippen LogP contribution in [0.1, 0.15) is 11.7 Å². The Balaban J connectivity index is 2.17. The molecule has 0 radical (unpaired) electrons. The lowest BCUT2D eigenvalue weighted by atomic mass is 10.1. The van der Waals surface area contributed by atoms with E-state index >= 15 is 0 Å². The molecule has 3 nitrogen and oxygen atoms in total. The van der Waals surface area contributed by atoms with E-state index < -0.39 is 0 Å². The van der Waals surface area contributed by atoms with Crippen LogP contribution in [-0.4, -0.2) is 20.6 Å². The van der Waals surface area contributed by atoms with Gasteiger partial charge in [-0.15, -0.1) is 0 Å². The van der Waals surface area contributed by atoms with Gasteiger partial charge >= 0.3 is 0 Å². The maximum atomic E-state index is 6.01. The van der Waals surface area contributed by atoms with E-state index in [4.69, 9.17) is 10.5 Å². The highest BCUT2D eigenvalue weighted by Gasteiger charge is 2.11. The summed E-state index contributed by atoms with van der Waals surface area (Å²) in [5, 5.41) is 0. The van der Waals surface area contributed by atoms with Crippen molar-refractivity contribution in [1.82, 2.24) is 0 Å². The second-order valence-electron chi connectivity index (χ2n) is 4.79. The number of nitrogens with two attached hydrogens (primary N) is 1. The number of benzene rings is 2. The van der Waals surface area contributed by atoms with Crippen LogP contribution in [0.5, 0.6) is 5.75 Å². The molecule has 20 heavy (non-hydrogen) atoms. The minimum atomic E-state index is -0.138. The van der Waals surface area contributed by atoms with Gasteiger partial charge in [-0.1, -0.05) is 34.1 Å². The summed E-state index contributed by atoms with van der Waals surface area (Å²) in [7, 11) is 4.02. The number of ether oxygens (including phenoxy) is 1. The van der Waals surface area contributed by atoms with E-state index in [1.54, 1.807) is 0 Å². The summed E-state index contributed by atoms with van der Waals surface area (Å²) in [6.45, 7) is 0.438. The smallest absolute Gasteiger partial charge is 0.136 e. The average Bonchev–Trinajstić information content (AvgIpc) is 2.46. The zero-order chi connectivity index (χ0) is 14.5. The lowest BCUT2D eigenvalue weighted by Crippen LogP contribution is -2.18. The van der Waals surface area contributed by atoms with Crippen molar-refractivity contribution in [3.8, 4) is 5.75 Å². The summed E-state index contributed by atoms with van der Waals surface area (Å²) in [6, 6.07) is 16.0. The molecule has 0 heterocycles. The third kappa shape index (κ3) is 3.74. The quantitative estimate of drug-likeness (QED) is 0.907. The molecule has 106 valence electrons. The molecule has 2 aromatic carbocycles. The average molecular weight is 335 g/mol. The fourth-order valence-corrected chi connectivity index (χ4v) is 2.19. The van der Waals surface area contributed by atoms with E-state index in [0.29, 0.717) is 6.54 Å². The highest BCUT2D eigenvalue weighted by molar-refractivity contribution is 9.10. The van der Waals surface area contributed by atoms with Crippen molar-refractivity contribution in [2.24, 2.45) is 5.73 Å². The number of nitrogens with zero attached hydrogens (tertiary/aromatic N) is 1. The van der Waals surface area contributed by atoms with Crippen LogP contribution >= 0.6 is 15.9 Å². The van der Waals surface area contributed by atoms with E-state index in [9.17, 15) is 0 Å². The summed E-state index contributed by atoms with van der Waals surface area (Å²) < 4.78 is 7.06. The van der Waals surface area contributed by atoms with Gasteiger partial charge in [0.1, 0.15) is 11.9 Å². The summed E-state index contributed by atoms with van der Waals surface area (Å²) in [5.41, 5.74) is 8.02. The van der Waals surface area contributed by atoms with Crippen LogP contribution in [0.4, 0.5) is 5.69 Å². The zero-order valence-electron chi connectivity index (χ0n) is 11.7. The van der Waals surface area contributed by atoms with E-state index in [-0.39, 0.29) is 6.10 Å². The van der Waals surface area contributed by atoms with E-state index in [1.807, 2.05) is 67.5 Å². The molecular weight excluding hydrogens is 316 g/mol. The van der Waals surface area contributed by atoms with Gasteiger partial charge in [-0.2, -0.15) is 0 Å². The minimum Gasteiger partial charge on any atom is -0.484 e. The van der Waals surface area contributed by atoms with Crippen LogP contribution in [0, 0.1) is 0 Å². The number of hydrogen-bond donors (Lipinski definition) is 1. The second-order valence-corrected chi connectivity index (χ2v) is 5.70. The summed E-state index contributed by atoms with van der Waals surface area (Å²) >= 11 is 3.43. The van der Waals surface area contributed by atoms with Crippen molar-refractivity contribution in [1.29, 1.82) is 0 Å².